The third kappa shape index (κ3) is 5.04. The van der Waals surface area contributed by atoms with Gasteiger partial charge in [0.2, 0.25) is 0 Å². The van der Waals surface area contributed by atoms with Crippen LogP contribution < -0.4 is 19.7 Å². The van der Waals surface area contributed by atoms with Gasteiger partial charge in [0.15, 0.2) is 11.5 Å². The maximum Gasteiger partial charge on any atom is 0.255 e. The monoisotopic (exact) mass is 413 g/mol. The van der Waals surface area contributed by atoms with E-state index in [1.165, 1.54) is 12.7 Å². The number of benzene rings is 2. The van der Waals surface area contributed by atoms with Crippen LogP contribution in [-0.2, 0) is 4.74 Å². The van der Waals surface area contributed by atoms with Crippen molar-refractivity contribution >= 4 is 11.6 Å². The Morgan fingerprint density at radius 1 is 1.10 bits per heavy atom. The molecule has 1 N–H and O–H groups in total. The first-order chi connectivity index (χ1) is 14.5. The molecule has 3 rings (SSSR count). The fraction of sp³-hybridized carbons (Fsp3) is 0.435. The van der Waals surface area contributed by atoms with E-state index in [2.05, 4.69) is 39.4 Å². The molecule has 0 saturated carbocycles. The van der Waals surface area contributed by atoms with E-state index in [1.54, 1.807) is 25.3 Å². The average Bonchev–Trinajstić information content (AvgIpc) is 2.79. The van der Waals surface area contributed by atoms with Gasteiger partial charge in [-0.3, -0.25) is 9.69 Å². The Hall–Kier alpha value is -2.77. The highest BCUT2D eigenvalue weighted by atomic mass is 16.5. The first kappa shape index (κ1) is 21.9. The van der Waals surface area contributed by atoms with Crippen LogP contribution in [0.2, 0.25) is 0 Å². The van der Waals surface area contributed by atoms with Crippen molar-refractivity contribution in [2.45, 2.75) is 6.04 Å². The van der Waals surface area contributed by atoms with E-state index in [-0.39, 0.29) is 11.9 Å². The first-order valence-electron chi connectivity index (χ1n) is 10.1. The van der Waals surface area contributed by atoms with Crippen LogP contribution in [0.5, 0.6) is 11.5 Å². The predicted octanol–water partition coefficient (Wildman–Crippen LogP) is 2.57. The van der Waals surface area contributed by atoms with Crippen molar-refractivity contribution in [1.29, 1.82) is 0 Å². The molecule has 7 heteroatoms. The Bertz CT molecular complexity index is 833. The number of carbonyl (C=O) groups is 1. The summed E-state index contributed by atoms with van der Waals surface area (Å²) < 4.78 is 16.3. The number of para-hydroxylation sites is 1. The van der Waals surface area contributed by atoms with Gasteiger partial charge in [-0.15, -0.1) is 0 Å². The molecule has 0 spiro atoms. The lowest BCUT2D eigenvalue weighted by Gasteiger charge is -2.35. The van der Waals surface area contributed by atoms with Gasteiger partial charge in [0.25, 0.3) is 5.91 Å². The molecule has 2 aromatic carbocycles. The number of carbonyl (C=O) groups excluding carboxylic acids is 1. The zero-order valence-electron chi connectivity index (χ0n) is 18.2. The molecular weight excluding hydrogens is 382 g/mol. The Kier molecular flexibility index (Phi) is 7.54. The lowest BCUT2D eigenvalue weighted by atomic mass is 10.0. The second-order valence-corrected chi connectivity index (χ2v) is 7.40. The van der Waals surface area contributed by atoms with Crippen molar-refractivity contribution < 1.29 is 19.0 Å². The molecule has 0 bridgehead atoms. The van der Waals surface area contributed by atoms with E-state index in [0.717, 1.165) is 18.8 Å². The van der Waals surface area contributed by atoms with Gasteiger partial charge in [-0.2, -0.15) is 0 Å². The molecule has 0 aromatic heterocycles. The third-order valence-corrected chi connectivity index (χ3v) is 5.38. The van der Waals surface area contributed by atoms with Crippen LogP contribution >= 0.6 is 0 Å². The second-order valence-electron chi connectivity index (χ2n) is 7.40. The van der Waals surface area contributed by atoms with Crippen molar-refractivity contribution in [1.82, 2.24) is 10.2 Å². The van der Waals surface area contributed by atoms with E-state index in [9.17, 15) is 4.79 Å². The molecule has 1 fully saturated rings. The van der Waals surface area contributed by atoms with E-state index in [0.29, 0.717) is 36.8 Å². The zero-order chi connectivity index (χ0) is 21.5. The number of hydrogen-bond donors (Lipinski definition) is 1. The number of nitrogens with one attached hydrogen (secondary N) is 1. The van der Waals surface area contributed by atoms with Gasteiger partial charge in [0.05, 0.1) is 39.0 Å². The van der Waals surface area contributed by atoms with Gasteiger partial charge in [-0.05, 0) is 29.8 Å². The van der Waals surface area contributed by atoms with Crippen LogP contribution in [0.25, 0.3) is 0 Å². The SMILES string of the molecule is COc1cccc(C(=O)NCC(c2ccc(N(C)C)cc2)N2CCOCC2)c1OC. The first-order valence-corrected chi connectivity index (χ1v) is 10.1. The Morgan fingerprint density at radius 3 is 2.40 bits per heavy atom. The van der Waals surface area contributed by atoms with Gasteiger partial charge in [0.1, 0.15) is 0 Å². The van der Waals surface area contributed by atoms with E-state index in [1.807, 2.05) is 14.1 Å². The summed E-state index contributed by atoms with van der Waals surface area (Å²) in [5, 5.41) is 3.09. The molecule has 1 saturated heterocycles. The zero-order valence-corrected chi connectivity index (χ0v) is 18.2. The van der Waals surface area contributed by atoms with Crippen LogP contribution in [0.15, 0.2) is 42.5 Å². The topological polar surface area (TPSA) is 63.3 Å². The van der Waals surface area contributed by atoms with Gasteiger partial charge in [0, 0.05) is 39.4 Å². The van der Waals surface area contributed by atoms with Crippen LogP contribution in [-0.4, -0.2) is 72.0 Å². The van der Waals surface area contributed by atoms with Crippen molar-refractivity contribution in [2.24, 2.45) is 0 Å². The largest absolute Gasteiger partial charge is 0.493 e. The summed E-state index contributed by atoms with van der Waals surface area (Å²) in [6.45, 7) is 3.55. The fourth-order valence-electron chi connectivity index (χ4n) is 3.69. The van der Waals surface area contributed by atoms with Crippen LogP contribution in [0.4, 0.5) is 5.69 Å². The van der Waals surface area contributed by atoms with Crippen LogP contribution in [0.3, 0.4) is 0 Å². The van der Waals surface area contributed by atoms with Crippen molar-refractivity contribution in [3.8, 4) is 11.5 Å². The number of hydrogen-bond acceptors (Lipinski definition) is 6. The molecule has 1 unspecified atom stereocenters. The quantitative estimate of drug-likeness (QED) is 0.718. The highest BCUT2D eigenvalue weighted by molar-refractivity contribution is 5.97. The molecule has 1 aliphatic rings. The Morgan fingerprint density at radius 2 is 1.80 bits per heavy atom. The van der Waals surface area contributed by atoms with Crippen molar-refractivity contribution in [3.05, 3.63) is 53.6 Å². The molecule has 1 amide bonds. The van der Waals surface area contributed by atoms with Gasteiger partial charge >= 0.3 is 0 Å². The molecule has 7 nitrogen and oxygen atoms in total. The number of ether oxygens (including phenoxy) is 3. The molecule has 0 aliphatic carbocycles. The van der Waals surface area contributed by atoms with Crippen LogP contribution in [0.1, 0.15) is 22.0 Å². The maximum absolute atomic E-state index is 13.0. The maximum atomic E-state index is 13.0. The number of anilines is 1. The molecule has 2 aromatic rings. The summed E-state index contributed by atoms with van der Waals surface area (Å²) in [5.74, 6) is 0.791. The van der Waals surface area contributed by atoms with Crippen molar-refractivity contribution in [3.63, 3.8) is 0 Å². The average molecular weight is 414 g/mol. The summed E-state index contributed by atoms with van der Waals surface area (Å²) >= 11 is 0. The van der Waals surface area contributed by atoms with Crippen molar-refractivity contribution in [2.75, 3.05) is 66.1 Å². The minimum absolute atomic E-state index is 0.0608. The third-order valence-electron chi connectivity index (χ3n) is 5.38. The molecule has 162 valence electrons. The summed E-state index contributed by atoms with van der Waals surface area (Å²) in [4.78, 5) is 17.4. The minimum Gasteiger partial charge on any atom is -0.493 e. The standard InChI is InChI=1S/C23H31N3O4/c1-25(2)18-10-8-17(9-11-18)20(26-12-14-30-15-13-26)16-24-23(27)19-6-5-7-21(28-3)22(19)29-4/h5-11,20H,12-16H2,1-4H3,(H,24,27). The molecule has 1 aliphatic heterocycles. The van der Waals surface area contributed by atoms with E-state index in [4.69, 9.17) is 14.2 Å². The summed E-state index contributed by atoms with van der Waals surface area (Å²) in [6, 6.07) is 13.8. The summed E-state index contributed by atoms with van der Waals surface area (Å²) in [5.41, 5.74) is 2.77. The van der Waals surface area contributed by atoms with E-state index >= 15 is 0 Å². The van der Waals surface area contributed by atoms with E-state index < -0.39 is 0 Å². The summed E-state index contributed by atoms with van der Waals surface area (Å²) in [7, 11) is 7.15. The van der Waals surface area contributed by atoms with Crippen LogP contribution in [0, 0.1) is 0 Å². The minimum atomic E-state index is -0.186. The smallest absolute Gasteiger partial charge is 0.255 e. The highest BCUT2D eigenvalue weighted by Crippen LogP contribution is 2.31. The number of morpholine rings is 1. The molecule has 1 heterocycles. The second kappa shape index (κ2) is 10.3. The number of amides is 1. The summed E-state index contributed by atoms with van der Waals surface area (Å²) in [6.07, 6.45) is 0. The Balaban J connectivity index is 1.79. The molecule has 1 atom stereocenters. The Labute approximate surface area is 178 Å². The lowest BCUT2D eigenvalue weighted by Crippen LogP contribution is -2.43. The molecule has 0 radical (unpaired) electrons. The molecular formula is C23H31N3O4. The van der Waals surface area contributed by atoms with Gasteiger partial charge < -0.3 is 24.4 Å². The lowest BCUT2D eigenvalue weighted by molar-refractivity contribution is 0.0162. The predicted molar refractivity (Wildman–Crippen MR) is 118 cm³/mol. The number of methoxy groups -OCH3 is 2. The molecule has 30 heavy (non-hydrogen) atoms. The van der Waals surface area contributed by atoms with Gasteiger partial charge in [-0.1, -0.05) is 18.2 Å². The normalized spacial score (nSPS) is 15.3. The van der Waals surface area contributed by atoms with Gasteiger partial charge in [-0.25, -0.2) is 0 Å². The highest BCUT2D eigenvalue weighted by Gasteiger charge is 2.24. The number of nitrogens with zero attached hydrogens (tertiary/aromatic N) is 2. The fourth-order valence-corrected chi connectivity index (χ4v) is 3.69. The number of rotatable bonds is 8.